The number of amides is 2. The van der Waals surface area contributed by atoms with E-state index in [1.54, 1.807) is 21.3 Å². The lowest BCUT2D eigenvalue weighted by atomic mass is 9.97. The van der Waals surface area contributed by atoms with E-state index in [0.717, 1.165) is 42.1 Å². The summed E-state index contributed by atoms with van der Waals surface area (Å²) < 4.78 is 16.0. The molecule has 1 atom stereocenters. The molecule has 0 aliphatic carbocycles. The SMILES string of the molecule is COc1ccc(NC(=O)CCN2CCC(C(=O)N3CCc4cc(OC)c(OC)cc4C3)C2)cc1. The second-order valence-electron chi connectivity index (χ2n) is 8.80. The van der Waals surface area contributed by atoms with Gasteiger partial charge in [-0.05, 0) is 66.9 Å². The van der Waals surface area contributed by atoms with Crippen LogP contribution in [0.4, 0.5) is 5.69 Å². The Bertz CT molecular complexity index is 1020. The van der Waals surface area contributed by atoms with Crippen LogP contribution in [-0.2, 0) is 22.6 Å². The van der Waals surface area contributed by atoms with E-state index in [4.69, 9.17) is 14.2 Å². The topological polar surface area (TPSA) is 80.3 Å². The van der Waals surface area contributed by atoms with Crippen LogP contribution in [0.1, 0.15) is 24.0 Å². The van der Waals surface area contributed by atoms with Gasteiger partial charge in [-0.2, -0.15) is 0 Å². The van der Waals surface area contributed by atoms with E-state index in [-0.39, 0.29) is 17.7 Å². The van der Waals surface area contributed by atoms with E-state index in [0.29, 0.717) is 38.3 Å². The summed E-state index contributed by atoms with van der Waals surface area (Å²) in [5, 5.41) is 2.91. The molecule has 2 heterocycles. The smallest absolute Gasteiger partial charge is 0.227 e. The summed E-state index contributed by atoms with van der Waals surface area (Å²) in [6.45, 7) is 3.48. The highest BCUT2D eigenvalue weighted by atomic mass is 16.5. The molecule has 8 heteroatoms. The van der Waals surface area contributed by atoms with Gasteiger partial charge < -0.3 is 29.3 Å². The largest absolute Gasteiger partial charge is 0.497 e. The highest BCUT2D eigenvalue weighted by Crippen LogP contribution is 2.34. The van der Waals surface area contributed by atoms with Gasteiger partial charge in [0.25, 0.3) is 0 Å². The van der Waals surface area contributed by atoms with Crippen LogP contribution in [0.15, 0.2) is 36.4 Å². The Morgan fingerprint density at radius 1 is 0.971 bits per heavy atom. The maximum atomic E-state index is 13.2. The zero-order chi connectivity index (χ0) is 24.1. The van der Waals surface area contributed by atoms with Crippen molar-refractivity contribution >= 4 is 17.5 Å². The highest BCUT2D eigenvalue weighted by molar-refractivity contribution is 5.90. The van der Waals surface area contributed by atoms with Crippen molar-refractivity contribution in [2.45, 2.75) is 25.8 Å². The predicted molar refractivity (Wildman–Crippen MR) is 129 cm³/mol. The first kappa shape index (κ1) is 23.9. The molecule has 0 saturated carbocycles. The number of nitrogens with one attached hydrogen (secondary N) is 1. The summed E-state index contributed by atoms with van der Waals surface area (Å²) in [6.07, 6.45) is 2.03. The fourth-order valence-corrected chi connectivity index (χ4v) is 4.72. The molecule has 8 nitrogen and oxygen atoms in total. The lowest BCUT2D eigenvalue weighted by Crippen LogP contribution is -2.40. The monoisotopic (exact) mass is 467 g/mol. The number of carbonyl (C=O) groups is 2. The van der Waals surface area contributed by atoms with Crippen LogP contribution in [0.3, 0.4) is 0 Å². The van der Waals surface area contributed by atoms with Gasteiger partial charge in [-0.1, -0.05) is 0 Å². The third-order valence-electron chi connectivity index (χ3n) is 6.68. The van der Waals surface area contributed by atoms with E-state index in [2.05, 4.69) is 10.2 Å². The first-order valence-corrected chi connectivity index (χ1v) is 11.7. The van der Waals surface area contributed by atoms with Crippen LogP contribution in [0.2, 0.25) is 0 Å². The van der Waals surface area contributed by atoms with Gasteiger partial charge in [-0.15, -0.1) is 0 Å². The van der Waals surface area contributed by atoms with Crippen molar-refractivity contribution < 1.29 is 23.8 Å². The molecule has 1 unspecified atom stereocenters. The van der Waals surface area contributed by atoms with E-state index in [9.17, 15) is 9.59 Å². The van der Waals surface area contributed by atoms with Gasteiger partial charge in [0.15, 0.2) is 11.5 Å². The minimum Gasteiger partial charge on any atom is -0.497 e. The average Bonchev–Trinajstić information content (AvgIpc) is 3.35. The maximum absolute atomic E-state index is 13.2. The van der Waals surface area contributed by atoms with Crippen LogP contribution < -0.4 is 19.5 Å². The standard InChI is InChI=1S/C26H33N3O5/c1-32-22-6-4-21(5-7-22)27-25(30)10-12-28-11-8-19(16-28)26(31)29-13-9-18-14-23(33-2)24(34-3)15-20(18)17-29/h4-7,14-15,19H,8-13,16-17H2,1-3H3,(H,27,30). The molecule has 2 aromatic carbocycles. The summed E-state index contributed by atoms with van der Waals surface area (Å²) >= 11 is 0. The summed E-state index contributed by atoms with van der Waals surface area (Å²) in [6, 6.07) is 11.3. The molecule has 1 N–H and O–H groups in total. The lowest BCUT2D eigenvalue weighted by molar-refractivity contribution is -0.136. The van der Waals surface area contributed by atoms with Crippen molar-refractivity contribution in [2.75, 3.05) is 52.8 Å². The molecule has 182 valence electrons. The minimum absolute atomic E-state index is 0.0219. The van der Waals surface area contributed by atoms with Crippen molar-refractivity contribution in [1.82, 2.24) is 9.80 Å². The number of benzene rings is 2. The number of likely N-dealkylation sites (tertiary alicyclic amines) is 1. The minimum atomic E-state index is -0.0306. The molecule has 34 heavy (non-hydrogen) atoms. The zero-order valence-corrected chi connectivity index (χ0v) is 20.1. The lowest BCUT2D eigenvalue weighted by Gasteiger charge is -2.31. The van der Waals surface area contributed by atoms with Crippen molar-refractivity contribution in [3.63, 3.8) is 0 Å². The number of nitrogens with zero attached hydrogens (tertiary/aromatic N) is 2. The Labute approximate surface area is 200 Å². The van der Waals surface area contributed by atoms with E-state index in [1.165, 1.54) is 5.56 Å². The van der Waals surface area contributed by atoms with Gasteiger partial charge in [0.2, 0.25) is 11.8 Å². The number of anilines is 1. The van der Waals surface area contributed by atoms with Crippen LogP contribution in [-0.4, -0.2) is 69.1 Å². The van der Waals surface area contributed by atoms with Crippen LogP contribution >= 0.6 is 0 Å². The van der Waals surface area contributed by atoms with Gasteiger partial charge in [-0.3, -0.25) is 9.59 Å². The van der Waals surface area contributed by atoms with Gasteiger partial charge >= 0.3 is 0 Å². The summed E-state index contributed by atoms with van der Waals surface area (Å²) in [4.78, 5) is 29.7. The molecule has 2 aliphatic rings. The van der Waals surface area contributed by atoms with Crippen LogP contribution in [0.5, 0.6) is 17.2 Å². The Balaban J connectivity index is 1.26. The number of hydrogen-bond donors (Lipinski definition) is 1. The van der Waals surface area contributed by atoms with E-state index < -0.39 is 0 Å². The Kier molecular flexibility index (Phi) is 7.57. The fourth-order valence-electron chi connectivity index (χ4n) is 4.72. The van der Waals surface area contributed by atoms with Gasteiger partial charge in [-0.25, -0.2) is 0 Å². The molecular weight excluding hydrogens is 434 g/mol. The summed E-state index contributed by atoms with van der Waals surface area (Å²) in [7, 11) is 4.87. The van der Waals surface area contributed by atoms with Crippen molar-refractivity contribution in [3.8, 4) is 17.2 Å². The Morgan fingerprint density at radius 3 is 2.35 bits per heavy atom. The second kappa shape index (κ2) is 10.8. The van der Waals surface area contributed by atoms with E-state index in [1.807, 2.05) is 41.3 Å². The maximum Gasteiger partial charge on any atom is 0.227 e. The predicted octanol–water partition coefficient (Wildman–Crippen LogP) is 2.95. The molecule has 1 saturated heterocycles. The number of ether oxygens (including phenoxy) is 3. The molecule has 2 aliphatic heterocycles. The third-order valence-corrected chi connectivity index (χ3v) is 6.68. The molecular formula is C26H33N3O5. The van der Waals surface area contributed by atoms with Crippen molar-refractivity contribution in [3.05, 3.63) is 47.5 Å². The number of hydrogen-bond acceptors (Lipinski definition) is 6. The molecule has 0 radical (unpaired) electrons. The molecule has 4 rings (SSSR count). The third kappa shape index (κ3) is 5.44. The van der Waals surface area contributed by atoms with Crippen molar-refractivity contribution in [1.29, 1.82) is 0 Å². The summed E-state index contributed by atoms with van der Waals surface area (Å²) in [5.41, 5.74) is 3.07. The molecule has 2 amide bonds. The normalized spacial score (nSPS) is 17.7. The number of rotatable bonds is 8. The average molecular weight is 468 g/mol. The molecule has 2 aromatic rings. The van der Waals surface area contributed by atoms with Crippen LogP contribution in [0, 0.1) is 5.92 Å². The quantitative estimate of drug-likeness (QED) is 0.643. The number of methoxy groups -OCH3 is 3. The zero-order valence-electron chi connectivity index (χ0n) is 20.1. The molecule has 0 aromatic heterocycles. The first-order valence-electron chi connectivity index (χ1n) is 11.7. The van der Waals surface area contributed by atoms with Crippen molar-refractivity contribution in [2.24, 2.45) is 5.92 Å². The van der Waals surface area contributed by atoms with Crippen LogP contribution in [0.25, 0.3) is 0 Å². The number of carbonyl (C=O) groups excluding carboxylic acids is 2. The first-order chi connectivity index (χ1) is 16.5. The summed E-state index contributed by atoms with van der Waals surface area (Å²) in [5.74, 6) is 2.31. The molecule has 0 spiro atoms. The van der Waals surface area contributed by atoms with Gasteiger partial charge in [0.05, 0.1) is 27.2 Å². The molecule has 0 bridgehead atoms. The highest BCUT2D eigenvalue weighted by Gasteiger charge is 2.33. The van der Waals surface area contributed by atoms with Gasteiger partial charge in [0, 0.05) is 38.3 Å². The molecule has 1 fully saturated rings. The second-order valence-corrected chi connectivity index (χ2v) is 8.80. The van der Waals surface area contributed by atoms with E-state index >= 15 is 0 Å². The Morgan fingerprint density at radius 2 is 1.68 bits per heavy atom. The fraction of sp³-hybridized carbons (Fsp3) is 0.462. The van der Waals surface area contributed by atoms with Gasteiger partial charge in [0.1, 0.15) is 5.75 Å². The number of fused-ring (bicyclic) bond motifs is 1. The Hall–Kier alpha value is -3.26.